The van der Waals surface area contributed by atoms with Crippen LogP contribution in [-0.2, 0) is 6.42 Å². The second-order valence-corrected chi connectivity index (χ2v) is 6.21. The number of guanidine groups is 1. The number of aryl methyl sites for hydroxylation is 1. The van der Waals surface area contributed by atoms with E-state index in [1.54, 1.807) is 4.68 Å². The van der Waals surface area contributed by atoms with Crippen LogP contribution < -0.4 is 16.4 Å². The summed E-state index contributed by atoms with van der Waals surface area (Å²) in [6.07, 6.45) is 3.72. The third kappa shape index (κ3) is 5.74. The highest BCUT2D eigenvalue weighted by molar-refractivity contribution is 5.79. The minimum atomic E-state index is 0.386. The summed E-state index contributed by atoms with van der Waals surface area (Å²) in [5.41, 5.74) is 8.16. The summed E-state index contributed by atoms with van der Waals surface area (Å²) in [5.74, 6) is 1.22. The highest BCUT2D eigenvalue weighted by Gasteiger charge is 2.16. The van der Waals surface area contributed by atoms with Crippen molar-refractivity contribution in [1.29, 1.82) is 5.26 Å². The van der Waals surface area contributed by atoms with E-state index >= 15 is 0 Å². The topological polar surface area (TPSA) is 104 Å². The standard InChI is InChI=1S/C20H29N7/c1-3-5-13-24-20(23-4-2)25-14-9-12-18-17(15-21)19(22)27(26-18)16-10-7-6-8-11-16/h6-8,10-11H,3-5,9,12-14,22H2,1-2H3,(H2,23,24,25). The summed E-state index contributed by atoms with van der Waals surface area (Å²) in [6.45, 7) is 6.62. The summed E-state index contributed by atoms with van der Waals surface area (Å²) < 4.78 is 1.63. The molecule has 0 radical (unpaired) electrons. The van der Waals surface area contributed by atoms with Gasteiger partial charge in [0.2, 0.25) is 0 Å². The second kappa shape index (κ2) is 10.9. The number of para-hydroxylation sites is 1. The van der Waals surface area contributed by atoms with Gasteiger partial charge in [-0.2, -0.15) is 10.4 Å². The Morgan fingerprint density at radius 3 is 2.67 bits per heavy atom. The first-order valence-corrected chi connectivity index (χ1v) is 9.56. The zero-order chi connectivity index (χ0) is 19.5. The zero-order valence-electron chi connectivity index (χ0n) is 16.2. The van der Waals surface area contributed by atoms with Gasteiger partial charge in [0.15, 0.2) is 5.96 Å². The first-order chi connectivity index (χ1) is 13.2. The highest BCUT2D eigenvalue weighted by atomic mass is 15.3. The number of nitrogens with zero attached hydrogens (tertiary/aromatic N) is 4. The number of benzene rings is 1. The molecule has 4 N–H and O–H groups in total. The number of aliphatic imine (C=N–C) groups is 1. The van der Waals surface area contributed by atoms with Crippen LogP contribution in [0.15, 0.2) is 35.3 Å². The van der Waals surface area contributed by atoms with E-state index in [-0.39, 0.29) is 0 Å². The Hall–Kier alpha value is -3.01. The Morgan fingerprint density at radius 1 is 1.22 bits per heavy atom. The van der Waals surface area contributed by atoms with Crippen molar-refractivity contribution in [2.24, 2.45) is 4.99 Å². The Bertz CT molecular complexity index is 772. The molecule has 27 heavy (non-hydrogen) atoms. The molecule has 0 aliphatic carbocycles. The lowest BCUT2D eigenvalue weighted by molar-refractivity contribution is 0.722. The lowest BCUT2D eigenvalue weighted by atomic mass is 10.1. The van der Waals surface area contributed by atoms with Gasteiger partial charge < -0.3 is 16.4 Å². The number of unbranched alkanes of at least 4 members (excludes halogenated alkanes) is 1. The van der Waals surface area contributed by atoms with E-state index in [1.807, 2.05) is 30.3 Å². The molecule has 7 heteroatoms. The van der Waals surface area contributed by atoms with Crippen LogP contribution in [0.1, 0.15) is 44.4 Å². The molecule has 1 aromatic carbocycles. The van der Waals surface area contributed by atoms with Crippen molar-refractivity contribution in [3.63, 3.8) is 0 Å². The number of hydrogen-bond donors (Lipinski definition) is 3. The van der Waals surface area contributed by atoms with Gasteiger partial charge in [0.25, 0.3) is 0 Å². The van der Waals surface area contributed by atoms with Crippen molar-refractivity contribution in [3.8, 4) is 11.8 Å². The van der Waals surface area contributed by atoms with Gasteiger partial charge in [-0.1, -0.05) is 31.5 Å². The molecule has 0 saturated carbocycles. The van der Waals surface area contributed by atoms with Gasteiger partial charge >= 0.3 is 0 Å². The van der Waals surface area contributed by atoms with Gasteiger partial charge in [-0.3, -0.25) is 4.99 Å². The average Bonchev–Trinajstić information content (AvgIpc) is 3.01. The average molecular weight is 368 g/mol. The lowest BCUT2D eigenvalue weighted by Crippen LogP contribution is -2.37. The Morgan fingerprint density at radius 2 is 2.00 bits per heavy atom. The van der Waals surface area contributed by atoms with Crippen LogP contribution in [0.4, 0.5) is 5.82 Å². The van der Waals surface area contributed by atoms with E-state index in [4.69, 9.17) is 5.73 Å². The number of hydrogen-bond acceptors (Lipinski definition) is 4. The fourth-order valence-electron chi connectivity index (χ4n) is 2.70. The molecule has 144 valence electrons. The van der Waals surface area contributed by atoms with Gasteiger partial charge in [-0.25, -0.2) is 4.68 Å². The fraction of sp³-hybridized carbons (Fsp3) is 0.450. The number of rotatable bonds is 9. The van der Waals surface area contributed by atoms with Crippen molar-refractivity contribution >= 4 is 11.8 Å². The van der Waals surface area contributed by atoms with Gasteiger partial charge in [-0.15, -0.1) is 0 Å². The molecule has 0 unspecified atom stereocenters. The molecule has 0 amide bonds. The van der Waals surface area contributed by atoms with Gasteiger partial charge in [-0.05, 0) is 38.3 Å². The van der Waals surface area contributed by atoms with Crippen molar-refractivity contribution in [2.75, 3.05) is 25.4 Å². The molecule has 0 aliphatic heterocycles. The van der Waals surface area contributed by atoms with Crippen LogP contribution in [0, 0.1) is 11.3 Å². The molecule has 0 spiro atoms. The number of nitrogens with two attached hydrogens (primary N) is 1. The normalized spacial score (nSPS) is 11.2. The molecular formula is C20H29N7. The summed E-state index contributed by atoms with van der Waals surface area (Å²) in [4.78, 5) is 4.59. The maximum atomic E-state index is 9.46. The van der Waals surface area contributed by atoms with E-state index in [2.05, 4.69) is 40.6 Å². The molecule has 0 aliphatic rings. The van der Waals surface area contributed by atoms with E-state index in [0.717, 1.165) is 49.7 Å². The predicted molar refractivity (Wildman–Crippen MR) is 110 cm³/mol. The van der Waals surface area contributed by atoms with Crippen molar-refractivity contribution in [1.82, 2.24) is 20.4 Å². The maximum absolute atomic E-state index is 9.46. The molecular weight excluding hydrogens is 338 g/mol. The molecule has 0 atom stereocenters. The first-order valence-electron chi connectivity index (χ1n) is 9.56. The number of nitrogen functional groups attached to an aromatic ring is 1. The molecule has 7 nitrogen and oxygen atoms in total. The number of nitriles is 1. The Balaban J connectivity index is 2.01. The SMILES string of the molecule is CCCCNC(=NCCCc1nn(-c2ccccc2)c(N)c1C#N)NCC. The lowest BCUT2D eigenvalue weighted by Gasteiger charge is -2.10. The van der Waals surface area contributed by atoms with E-state index < -0.39 is 0 Å². The van der Waals surface area contributed by atoms with Gasteiger partial charge in [0.1, 0.15) is 17.5 Å². The van der Waals surface area contributed by atoms with Crippen LogP contribution in [0.5, 0.6) is 0 Å². The van der Waals surface area contributed by atoms with E-state index in [9.17, 15) is 5.26 Å². The minimum absolute atomic E-state index is 0.386. The Labute approximate surface area is 161 Å². The predicted octanol–water partition coefficient (Wildman–Crippen LogP) is 2.61. The largest absolute Gasteiger partial charge is 0.382 e. The van der Waals surface area contributed by atoms with Gasteiger partial charge in [0, 0.05) is 19.6 Å². The smallest absolute Gasteiger partial charge is 0.191 e. The molecule has 1 heterocycles. The quantitative estimate of drug-likeness (QED) is 0.359. The molecule has 1 aromatic heterocycles. The summed E-state index contributed by atoms with van der Waals surface area (Å²) >= 11 is 0. The highest BCUT2D eigenvalue weighted by Crippen LogP contribution is 2.21. The van der Waals surface area contributed by atoms with Crippen molar-refractivity contribution in [3.05, 3.63) is 41.6 Å². The van der Waals surface area contributed by atoms with Crippen LogP contribution in [0.25, 0.3) is 5.69 Å². The number of anilines is 1. The monoisotopic (exact) mass is 367 g/mol. The van der Waals surface area contributed by atoms with E-state index in [1.165, 1.54) is 0 Å². The van der Waals surface area contributed by atoms with Crippen molar-refractivity contribution in [2.45, 2.75) is 39.5 Å². The molecule has 0 fully saturated rings. The third-order valence-corrected chi connectivity index (χ3v) is 4.11. The number of aromatic nitrogens is 2. The van der Waals surface area contributed by atoms with E-state index in [0.29, 0.717) is 24.3 Å². The summed E-state index contributed by atoms with van der Waals surface area (Å²) in [7, 11) is 0. The van der Waals surface area contributed by atoms with Gasteiger partial charge in [0.05, 0.1) is 11.4 Å². The fourth-order valence-corrected chi connectivity index (χ4v) is 2.70. The number of nitrogens with one attached hydrogen (secondary N) is 2. The maximum Gasteiger partial charge on any atom is 0.191 e. The van der Waals surface area contributed by atoms with Crippen LogP contribution in [-0.4, -0.2) is 35.4 Å². The zero-order valence-corrected chi connectivity index (χ0v) is 16.2. The van der Waals surface area contributed by atoms with Crippen molar-refractivity contribution < 1.29 is 0 Å². The third-order valence-electron chi connectivity index (χ3n) is 4.11. The van der Waals surface area contributed by atoms with Crippen LogP contribution in [0.3, 0.4) is 0 Å². The van der Waals surface area contributed by atoms with Crippen LogP contribution >= 0.6 is 0 Å². The first kappa shape index (κ1) is 20.3. The minimum Gasteiger partial charge on any atom is -0.382 e. The summed E-state index contributed by atoms with van der Waals surface area (Å²) in [5, 5.41) is 20.6. The Kier molecular flexibility index (Phi) is 8.17. The molecule has 0 bridgehead atoms. The summed E-state index contributed by atoms with van der Waals surface area (Å²) in [6, 6.07) is 11.8. The molecule has 2 rings (SSSR count). The molecule has 0 saturated heterocycles. The second-order valence-electron chi connectivity index (χ2n) is 6.21. The van der Waals surface area contributed by atoms with Crippen LogP contribution in [0.2, 0.25) is 0 Å². The molecule has 2 aromatic rings.